The van der Waals surface area contributed by atoms with E-state index in [9.17, 15) is 4.79 Å². The van der Waals surface area contributed by atoms with Crippen molar-refractivity contribution in [2.45, 2.75) is 12.6 Å². The van der Waals surface area contributed by atoms with Crippen molar-refractivity contribution in [1.29, 1.82) is 0 Å². The molecule has 9 heteroatoms. The number of nitrogens with one attached hydrogen (secondary N) is 1. The first-order chi connectivity index (χ1) is 14.3. The first kappa shape index (κ1) is 17.2. The van der Waals surface area contributed by atoms with Gasteiger partial charge in [-0.05, 0) is 24.3 Å². The van der Waals surface area contributed by atoms with Crippen LogP contribution in [0.1, 0.15) is 22.2 Å². The highest BCUT2D eigenvalue weighted by molar-refractivity contribution is 5.93. The second kappa shape index (κ2) is 7.27. The van der Waals surface area contributed by atoms with Crippen molar-refractivity contribution >= 4 is 5.91 Å². The Bertz CT molecular complexity index is 1100. The van der Waals surface area contributed by atoms with E-state index in [0.717, 1.165) is 11.4 Å². The molecule has 1 aliphatic heterocycles. The van der Waals surface area contributed by atoms with E-state index in [1.807, 2.05) is 42.6 Å². The molecule has 3 aromatic heterocycles. The van der Waals surface area contributed by atoms with E-state index in [-0.39, 0.29) is 11.9 Å². The molecule has 9 nitrogen and oxygen atoms in total. The van der Waals surface area contributed by atoms with Crippen molar-refractivity contribution in [3.05, 3.63) is 72.4 Å². The smallest absolute Gasteiger partial charge is 0.274 e. The van der Waals surface area contributed by atoms with Gasteiger partial charge in [-0.15, -0.1) is 5.10 Å². The molecule has 4 heterocycles. The minimum Gasteiger partial charge on any atom is -0.487 e. The number of furan rings is 1. The van der Waals surface area contributed by atoms with Gasteiger partial charge in [0, 0.05) is 19.2 Å². The quantitative estimate of drug-likeness (QED) is 0.543. The Kier molecular flexibility index (Phi) is 4.32. The van der Waals surface area contributed by atoms with E-state index >= 15 is 0 Å². The third-order valence-corrected chi connectivity index (χ3v) is 4.79. The van der Waals surface area contributed by atoms with Gasteiger partial charge in [-0.2, -0.15) is 5.10 Å². The predicted octanol–water partition coefficient (Wildman–Crippen LogP) is 2.54. The van der Waals surface area contributed by atoms with Crippen molar-refractivity contribution in [1.82, 2.24) is 30.1 Å². The molecule has 1 aromatic carbocycles. The molecular weight excluding hydrogens is 372 g/mol. The molecule has 0 aliphatic carbocycles. The number of benzene rings is 1. The summed E-state index contributed by atoms with van der Waals surface area (Å²) in [6.45, 7) is 1.47. The lowest BCUT2D eigenvalue weighted by Crippen LogP contribution is -2.51. The van der Waals surface area contributed by atoms with Crippen LogP contribution < -0.4 is 4.74 Å². The number of rotatable bonds is 6. The largest absolute Gasteiger partial charge is 0.487 e. The summed E-state index contributed by atoms with van der Waals surface area (Å²) in [4.78, 5) is 14.3. The number of carbonyl (C=O) groups excluding carboxylic acids is 1. The van der Waals surface area contributed by atoms with Gasteiger partial charge in [0.1, 0.15) is 23.7 Å². The van der Waals surface area contributed by atoms with E-state index in [4.69, 9.17) is 9.15 Å². The fraction of sp³-hybridized carbons (Fsp3) is 0.200. The third kappa shape index (κ3) is 3.49. The maximum Gasteiger partial charge on any atom is 0.274 e. The van der Waals surface area contributed by atoms with Crippen molar-refractivity contribution in [3.63, 3.8) is 0 Å². The number of likely N-dealkylation sites (tertiary alicyclic amines) is 1. The van der Waals surface area contributed by atoms with Crippen LogP contribution >= 0.6 is 0 Å². The van der Waals surface area contributed by atoms with Crippen LogP contribution in [0.15, 0.2) is 65.4 Å². The zero-order valence-corrected chi connectivity index (χ0v) is 15.4. The Labute approximate surface area is 165 Å². The number of aromatic nitrogens is 5. The van der Waals surface area contributed by atoms with Crippen molar-refractivity contribution < 1.29 is 13.9 Å². The number of hydrogen-bond donors (Lipinski definition) is 1. The summed E-state index contributed by atoms with van der Waals surface area (Å²) in [6.07, 6.45) is 3.44. The van der Waals surface area contributed by atoms with Crippen LogP contribution in [0.5, 0.6) is 5.75 Å². The van der Waals surface area contributed by atoms with E-state index in [1.165, 1.54) is 0 Å². The fourth-order valence-corrected chi connectivity index (χ4v) is 3.17. The second-order valence-electron chi connectivity index (χ2n) is 6.80. The van der Waals surface area contributed by atoms with Gasteiger partial charge >= 0.3 is 0 Å². The lowest BCUT2D eigenvalue weighted by molar-refractivity contribution is 0.0492. The van der Waals surface area contributed by atoms with Crippen LogP contribution in [0, 0.1) is 0 Å². The molecule has 0 saturated carbocycles. The van der Waals surface area contributed by atoms with Crippen LogP contribution in [-0.2, 0) is 6.61 Å². The van der Waals surface area contributed by atoms with Crippen molar-refractivity contribution in [2.24, 2.45) is 0 Å². The number of ether oxygens (including phenoxy) is 1. The van der Waals surface area contributed by atoms with Gasteiger partial charge in [0.05, 0.1) is 18.5 Å². The number of amides is 1. The molecule has 1 fully saturated rings. The molecule has 0 bridgehead atoms. The lowest BCUT2D eigenvalue weighted by Gasteiger charge is -2.38. The summed E-state index contributed by atoms with van der Waals surface area (Å²) >= 11 is 0. The summed E-state index contributed by atoms with van der Waals surface area (Å²) in [5, 5.41) is 15.3. The van der Waals surface area contributed by atoms with Gasteiger partial charge < -0.3 is 14.1 Å². The fourth-order valence-electron chi connectivity index (χ4n) is 3.17. The van der Waals surface area contributed by atoms with Crippen LogP contribution in [0.25, 0.3) is 11.5 Å². The van der Waals surface area contributed by atoms with Gasteiger partial charge in [0.2, 0.25) is 0 Å². The normalized spacial score (nSPS) is 14.0. The first-order valence-electron chi connectivity index (χ1n) is 9.23. The predicted molar refractivity (Wildman–Crippen MR) is 102 cm³/mol. The van der Waals surface area contributed by atoms with Crippen LogP contribution in [0.2, 0.25) is 0 Å². The molecule has 146 valence electrons. The van der Waals surface area contributed by atoms with Crippen LogP contribution in [-0.4, -0.2) is 49.1 Å². The van der Waals surface area contributed by atoms with E-state index in [2.05, 4.69) is 20.5 Å². The Hall–Kier alpha value is -3.88. The molecule has 1 amide bonds. The molecule has 29 heavy (non-hydrogen) atoms. The molecule has 1 N–H and O–H groups in total. The average molecular weight is 390 g/mol. The average Bonchev–Trinajstić information content (AvgIpc) is 3.47. The highest BCUT2D eigenvalue weighted by Gasteiger charge is 2.34. The number of H-pyrrole nitrogens is 1. The molecule has 0 spiro atoms. The lowest BCUT2D eigenvalue weighted by atomic mass is 10.1. The summed E-state index contributed by atoms with van der Waals surface area (Å²) in [7, 11) is 0. The Morgan fingerprint density at radius 3 is 2.86 bits per heavy atom. The number of para-hydroxylation sites is 1. The maximum absolute atomic E-state index is 12.6. The summed E-state index contributed by atoms with van der Waals surface area (Å²) in [6, 6.07) is 15.0. The Balaban J connectivity index is 1.16. The summed E-state index contributed by atoms with van der Waals surface area (Å²) in [5.74, 6) is 1.31. The molecule has 0 atom stereocenters. The Morgan fingerprint density at radius 2 is 2.07 bits per heavy atom. The highest BCUT2D eigenvalue weighted by Crippen LogP contribution is 2.24. The van der Waals surface area contributed by atoms with Gasteiger partial charge in [-0.3, -0.25) is 9.89 Å². The van der Waals surface area contributed by atoms with Gasteiger partial charge in [0.25, 0.3) is 5.91 Å². The standard InChI is InChI=1S/C20H18N6O3/c27-20(18-9-17(22-23-18)19-7-4-8-28-19)25-11-15(12-25)26-10-14(21-24-26)13-29-16-5-2-1-3-6-16/h1-10,15H,11-13H2,(H,22,23). The van der Waals surface area contributed by atoms with E-state index < -0.39 is 0 Å². The zero-order chi connectivity index (χ0) is 19.6. The van der Waals surface area contributed by atoms with Crippen LogP contribution in [0.3, 0.4) is 0 Å². The molecule has 1 saturated heterocycles. The number of aromatic amines is 1. The highest BCUT2D eigenvalue weighted by atomic mass is 16.5. The van der Waals surface area contributed by atoms with Gasteiger partial charge in [0.15, 0.2) is 11.5 Å². The maximum atomic E-state index is 12.6. The monoisotopic (exact) mass is 390 g/mol. The third-order valence-electron chi connectivity index (χ3n) is 4.79. The second-order valence-corrected chi connectivity index (χ2v) is 6.80. The van der Waals surface area contributed by atoms with E-state index in [0.29, 0.717) is 36.8 Å². The topological polar surface area (TPSA) is 102 Å². The number of carbonyl (C=O) groups is 1. The molecule has 1 aliphatic rings. The molecular formula is C20H18N6O3. The molecule has 0 unspecified atom stereocenters. The molecule has 4 aromatic rings. The van der Waals surface area contributed by atoms with Crippen molar-refractivity contribution in [3.8, 4) is 17.2 Å². The minimum atomic E-state index is -0.122. The van der Waals surface area contributed by atoms with Gasteiger partial charge in [-0.1, -0.05) is 23.4 Å². The van der Waals surface area contributed by atoms with Gasteiger partial charge in [-0.25, -0.2) is 4.68 Å². The molecule has 5 rings (SSSR count). The SMILES string of the molecule is O=C(c1cc(-c2ccco2)[nH]n1)N1CC(n2cc(COc3ccccc3)nn2)C1. The van der Waals surface area contributed by atoms with E-state index in [1.54, 1.807) is 28.0 Å². The summed E-state index contributed by atoms with van der Waals surface area (Å²) in [5.41, 5.74) is 1.79. The minimum absolute atomic E-state index is 0.0976. The molecule has 0 radical (unpaired) electrons. The van der Waals surface area contributed by atoms with Crippen LogP contribution in [0.4, 0.5) is 0 Å². The Morgan fingerprint density at radius 1 is 1.21 bits per heavy atom. The number of hydrogen-bond acceptors (Lipinski definition) is 6. The first-order valence-corrected chi connectivity index (χ1v) is 9.23. The zero-order valence-electron chi connectivity index (χ0n) is 15.4. The summed E-state index contributed by atoms with van der Waals surface area (Å²) < 4.78 is 12.8. The van der Waals surface area contributed by atoms with Crippen molar-refractivity contribution in [2.75, 3.05) is 13.1 Å². The number of nitrogens with zero attached hydrogens (tertiary/aromatic N) is 5.